The van der Waals surface area contributed by atoms with Crippen LogP contribution in [0.1, 0.15) is 39.2 Å². The molecule has 1 aromatic rings. The topological polar surface area (TPSA) is 131 Å². The van der Waals surface area contributed by atoms with Gasteiger partial charge >= 0.3 is 12.1 Å². The molecule has 10 heteroatoms. The molecule has 30 heavy (non-hydrogen) atoms. The molecule has 0 aliphatic carbocycles. The van der Waals surface area contributed by atoms with Crippen molar-refractivity contribution in [1.29, 1.82) is 0 Å². The van der Waals surface area contributed by atoms with Crippen molar-refractivity contribution >= 4 is 29.8 Å². The van der Waals surface area contributed by atoms with Crippen LogP contribution in [0.25, 0.3) is 0 Å². The van der Waals surface area contributed by atoms with Crippen LogP contribution in [0.4, 0.5) is 4.79 Å². The normalized spacial score (nSPS) is 14.8. The second-order valence-electron chi connectivity index (χ2n) is 7.66. The summed E-state index contributed by atoms with van der Waals surface area (Å²) in [6, 6.07) is 7.63. The van der Waals surface area contributed by atoms with Crippen LogP contribution in [0.15, 0.2) is 30.3 Å². The Hall–Kier alpha value is -3.43. The van der Waals surface area contributed by atoms with Gasteiger partial charge in [0.1, 0.15) is 18.2 Å². The van der Waals surface area contributed by atoms with E-state index in [1.54, 1.807) is 51.1 Å². The molecular formula is C20H25N3O7. The molecule has 1 atom stereocenters. The lowest BCUT2D eigenvalue weighted by atomic mass is 10.1. The number of benzene rings is 1. The maximum atomic E-state index is 12.6. The number of imide groups is 1. The van der Waals surface area contributed by atoms with E-state index in [2.05, 4.69) is 10.6 Å². The first-order chi connectivity index (χ1) is 14.0. The molecule has 0 bridgehead atoms. The number of hydroxylamine groups is 2. The van der Waals surface area contributed by atoms with Gasteiger partial charge in [-0.2, -0.15) is 0 Å². The third-order valence-corrected chi connectivity index (χ3v) is 3.88. The van der Waals surface area contributed by atoms with Gasteiger partial charge in [-0.15, -0.1) is 5.06 Å². The Balaban J connectivity index is 2.01. The number of hydrogen-bond acceptors (Lipinski definition) is 7. The van der Waals surface area contributed by atoms with E-state index in [-0.39, 0.29) is 19.3 Å². The highest BCUT2D eigenvalue weighted by Crippen LogP contribution is 2.14. The Labute approximate surface area is 173 Å². The molecule has 0 saturated carbocycles. The second kappa shape index (κ2) is 9.86. The maximum Gasteiger partial charge on any atom is 0.408 e. The lowest BCUT2D eigenvalue weighted by Gasteiger charge is -2.21. The Bertz CT molecular complexity index is 801. The lowest BCUT2D eigenvalue weighted by molar-refractivity contribution is -0.199. The van der Waals surface area contributed by atoms with Crippen molar-refractivity contribution in [2.75, 3.05) is 6.54 Å². The number of ether oxygens (including phenoxy) is 1. The average molecular weight is 419 g/mol. The highest BCUT2D eigenvalue weighted by atomic mass is 16.7. The van der Waals surface area contributed by atoms with Crippen molar-refractivity contribution in [2.24, 2.45) is 0 Å². The minimum atomic E-state index is -1.18. The molecule has 1 aromatic carbocycles. The number of alkyl carbamates (subject to hydrolysis) is 1. The Morgan fingerprint density at radius 2 is 1.67 bits per heavy atom. The standard InChI is InChI=1S/C20H25N3O7/c1-20(2,3)29-19(28)21-12-15(24)22-14(11-13-7-5-4-6-8-13)18(27)30-23-16(25)9-10-17(23)26/h4-8,14H,9-12H2,1-3H3,(H,21,28)(H,22,24)/t14-/m0/s1. The van der Waals surface area contributed by atoms with Crippen LogP contribution >= 0.6 is 0 Å². The van der Waals surface area contributed by atoms with Crippen LogP contribution in [0.2, 0.25) is 0 Å². The van der Waals surface area contributed by atoms with Crippen molar-refractivity contribution in [3.63, 3.8) is 0 Å². The van der Waals surface area contributed by atoms with E-state index in [0.717, 1.165) is 5.56 Å². The fourth-order valence-electron chi connectivity index (χ4n) is 2.57. The van der Waals surface area contributed by atoms with Crippen molar-refractivity contribution in [1.82, 2.24) is 15.7 Å². The summed E-state index contributed by atoms with van der Waals surface area (Å²) in [5.41, 5.74) is -0.00594. The minimum Gasteiger partial charge on any atom is -0.444 e. The number of rotatable bonds is 7. The monoisotopic (exact) mass is 419 g/mol. The zero-order valence-electron chi connectivity index (χ0n) is 17.1. The van der Waals surface area contributed by atoms with Gasteiger partial charge in [0.2, 0.25) is 5.91 Å². The molecule has 162 valence electrons. The van der Waals surface area contributed by atoms with Gasteiger partial charge in [0, 0.05) is 19.3 Å². The largest absolute Gasteiger partial charge is 0.444 e. The highest BCUT2D eigenvalue weighted by molar-refractivity contribution is 6.02. The van der Waals surface area contributed by atoms with E-state index in [4.69, 9.17) is 9.57 Å². The Kier molecular flexibility index (Phi) is 7.51. The molecule has 1 heterocycles. The molecule has 0 unspecified atom stereocenters. The molecule has 2 rings (SSSR count). The van der Waals surface area contributed by atoms with Crippen LogP contribution < -0.4 is 10.6 Å². The number of carbonyl (C=O) groups excluding carboxylic acids is 5. The second-order valence-corrected chi connectivity index (χ2v) is 7.66. The van der Waals surface area contributed by atoms with Gasteiger partial charge in [-0.05, 0) is 26.3 Å². The van der Waals surface area contributed by atoms with Crippen LogP contribution in [0, 0.1) is 0 Å². The van der Waals surface area contributed by atoms with Gasteiger partial charge in [0.25, 0.3) is 11.8 Å². The van der Waals surface area contributed by atoms with Crippen LogP contribution in [0.3, 0.4) is 0 Å². The molecule has 1 saturated heterocycles. The average Bonchev–Trinajstić information content (AvgIpc) is 2.97. The molecule has 10 nitrogen and oxygen atoms in total. The third-order valence-electron chi connectivity index (χ3n) is 3.88. The third kappa shape index (κ3) is 7.19. The van der Waals surface area contributed by atoms with Crippen molar-refractivity contribution in [3.8, 4) is 0 Å². The molecule has 2 N–H and O–H groups in total. The first-order valence-corrected chi connectivity index (χ1v) is 9.43. The summed E-state index contributed by atoms with van der Waals surface area (Å²) in [4.78, 5) is 64.8. The summed E-state index contributed by atoms with van der Waals surface area (Å²) in [5.74, 6) is -2.87. The summed E-state index contributed by atoms with van der Waals surface area (Å²) >= 11 is 0. The van der Waals surface area contributed by atoms with Crippen LogP contribution in [0.5, 0.6) is 0 Å². The quantitative estimate of drug-likeness (QED) is 0.626. The number of carbonyl (C=O) groups is 5. The minimum absolute atomic E-state index is 0.0400. The lowest BCUT2D eigenvalue weighted by Crippen LogP contribution is -2.49. The summed E-state index contributed by atoms with van der Waals surface area (Å²) in [5, 5.41) is 5.17. The van der Waals surface area contributed by atoms with Crippen LogP contribution in [-0.2, 0) is 35.2 Å². The summed E-state index contributed by atoms with van der Waals surface area (Å²) in [6.07, 6.45) is -0.801. The van der Waals surface area contributed by atoms with E-state index in [0.29, 0.717) is 5.06 Å². The number of hydrogen-bond donors (Lipinski definition) is 2. The fourth-order valence-corrected chi connectivity index (χ4v) is 2.57. The molecule has 4 amide bonds. The van der Waals surface area contributed by atoms with Crippen molar-refractivity contribution in [3.05, 3.63) is 35.9 Å². The predicted octanol–water partition coefficient (Wildman–Crippen LogP) is 0.846. The summed E-state index contributed by atoms with van der Waals surface area (Å²) < 4.78 is 5.05. The van der Waals surface area contributed by atoms with Crippen molar-refractivity contribution < 1.29 is 33.5 Å². The fraction of sp³-hybridized carbons (Fsp3) is 0.450. The van der Waals surface area contributed by atoms with E-state index in [1.807, 2.05) is 0 Å². The Morgan fingerprint density at radius 3 is 2.23 bits per heavy atom. The molecule has 0 radical (unpaired) electrons. The molecule has 0 spiro atoms. The zero-order valence-corrected chi connectivity index (χ0v) is 17.1. The van der Waals surface area contributed by atoms with E-state index < -0.39 is 48.0 Å². The van der Waals surface area contributed by atoms with Gasteiger partial charge in [-0.1, -0.05) is 30.3 Å². The van der Waals surface area contributed by atoms with Gasteiger partial charge in [0.05, 0.1) is 0 Å². The molecule has 1 aliphatic heterocycles. The molecule has 1 fully saturated rings. The molecular weight excluding hydrogens is 394 g/mol. The highest BCUT2D eigenvalue weighted by Gasteiger charge is 2.35. The van der Waals surface area contributed by atoms with Crippen LogP contribution in [-0.4, -0.2) is 53.0 Å². The number of nitrogens with one attached hydrogen (secondary N) is 2. The first-order valence-electron chi connectivity index (χ1n) is 9.43. The van der Waals surface area contributed by atoms with E-state index in [1.165, 1.54) is 0 Å². The smallest absolute Gasteiger partial charge is 0.408 e. The summed E-state index contributed by atoms with van der Waals surface area (Å²) in [6.45, 7) is 4.60. The van der Waals surface area contributed by atoms with E-state index >= 15 is 0 Å². The maximum absolute atomic E-state index is 12.6. The van der Waals surface area contributed by atoms with E-state index in [9.17, 15) is 24.0 Å². The SMILES string of the molecule is CC(C)(C)OC(=O)NCC(=O)N[C@@H](Cc1ccccc1)C(=O)ON1C(=O)CCC1=O. The molecule has 1 aliphatic rings. The predicted molar refractivity (Wildman–Crippen MR) is 103 cm³/mol. The first kappa shape index (κ1) is 22.9. The van der Waals surface area contributed by atoms with Gasteiger partial charge in [-0.3, -0.25) is 14.4 Å². The number of nitrogens with zero attached hydrogens (tertiary/aromatic N) is 1. The molecule has 0 aromatic heterocycles. The summed E-state index contributed by atoms with van der Waals surface area (Å²) in [7, 11) is 0. The Morgan fingerprint density at radius 1 is 1.07 bits per heavy atom. The van der Waals surface area contributed by atoms with Gasteiger partial charge in [-0.25, -0.2) is 9.59 Å². The van der Waals surface area contributed by atoms with Gasteiger partial charge in [0.15, 0.2) is 0 Å². The van der Waals surface area contributed by atoms with Gasteiger partial charge < -0.3 is 20.2 Å². The zero-order chi connectivity index (χ0) is 22.3. The number of amides is 4. The van der Waals surface area contributed by atoms with Crippen molar-refractivity contribution in [2.45, 2.75) is 51.7 Å².